The third kappa shape index (κ3) is 4.20. The van der Waals surface area contributed by atoms with Crippen molar-refractivity contribution in [3.05, 3.63) is 108 Å². The molecule has 0 saturated carbocycles. The molecule has 3 fully saturated rings. The molecule has 0 spiro atoms. The van der Waals surface area contributed by atoms with Crippen molar-refractivity contribution in [2.24, 2.45) is 11.8 Å². The van der Waals surface area contributed by atoms with Gasteiger partial charge < -0.3 is 5.32 Å². The first-order chi connectivity index (χ1) is 15.3. The molecular formula is C29H34N2. The molecule has 0 radical (unpaired) electrons. The van der Waals surface area contributed by atoms with E-state index >= 15 is 0 Å². The van der Waals surface area contributed by atoms with Crippen LogP contribution in [0, 0.1) is 11.8 Å². The lowest BCUT2D eigenvalue weighted by atomic mass is 9.66. The third-order valence-electron chi connectivity index (χ3n) is 7.64. The molecule has 2 bridgehead atoms. The maximum atomic E-state index is 4.06. The molecule has 3 aromatic rings. The van der Waals surface area contributed by atoms with Crippen LogP contribution in [0.4, 0.5) is 0 Å². The molecular weight excluding hydrogens is 376 g/mol. The normalized spacial score (nSPS) is 27.5. The highest BCUT2D eigenvalue weighted by Crippen LogP contribution is 2.45. The molecule has 2 heteroatoms. The van der Waals surface area contributed by atoms with Gasteiger partial charge in [0.25, 0.3) is 0 Å². The molecule has 3 saturated heterocycles. The van der Waals surface area contributed by atoms with Gasteiger partial charge in [-0.3, -0.25) is 4.90 Å². The largest absolute Gasteiger partial charge is 0.308 e. The Hall–Kier alpha value is -2.42. The van der Waals surface area contributed by atoms with Crippen LogP contribution < -0.4 is 5.32 Å². The van der Waals surface area contributed by atoms with Crippen LogP contribution in [0.2, 0.25) is 0 Å². The van der Waals surface area contributed by atoms with E-state index in [1.54, 1.807) is 0 Å². The van der Waals surface area contributed by atoms with E-state index in [1.165, 1.54) is 42.6 Å². The number of hydrogen-bond acceptors (Lipinski definition) is 2. The summed E-state index contributed by atoms with van der Waals surface area (Å²) in [6.45, 7) is 5.79. The second-order valence-corrected chi connectivity index (χ2v) is 9.30. The molecule has 4 unspecified atom stereocenters. The summed E-state index contributed by atoms with van der Waals surface area (Å²) in [5.74, 6) is 1.93. The van der Waals surface area contributed by atoms with Gasteiger partial charge in [0.1, 0.15) is 0 Å². The molecule has 5 atom stereocenters. The number of benzene rings is 3. The zero-order valence-electron chi connectivity index (χ0n) is 18.5. The Morgan fingerprint density at radius 2 is 1.42 bits per heavy atom. The Morgan fingerprint density at radius 3 is 2.00 bits per heavy atom. The maximum Gasteiger partial charge on any atom is 0.0361 e. The van der Waals surface area contributed by atoms with E-state index in [1.807, 2.05) is 0 Å². The number of hydrogen-bond donors (Lipinski definition) is 1. The molecule has 2 nitrogen and oxygen atoms in total. The predicted octanol–water partition coefficient (Wildman–Crippen LogP) is 5.71. The highest BCUT2D eigenvalue weighted by atomic mass is 15.2. The van der Waals surface area contributed by atoms with Gasteiger partial charge in [0.2, 0.25) is 0 Å². The summed E-state index contributed by atoms with van der Waals surface area (Å²) in [7, 11) is 0. The zero-order valence-corrected chi connectivity index (χ0v) is 18.5. The van der Waals surface area contributed by atoms with Crippen molar-refractivity contribution in [3.8, 4) is 0 Å². The average molecular weight is 411 g/mol. The van der Waals surface area contributed by atoms with Gasteiger partial charge >= 0.3 is 0 Å². The molecule has 1 N–H and O–H groups in total. The lowest BCUT2D eigenvalue weighted by molar-refractivity contribution is -0.0382. The highest BCUT2D eigenvalue weighted by Gasteiger charge is 2.49. The zero-order chi connectivity index (χ0) is 21.0. The van der Waals surface area contributed by atoms with Gasteiger partial charge in [0.15, 0.2) is 0 Å². The van der Waals surface area contributed by atoms with E-state index in [-0.39, 0.29) is 0 Å². The molecule has 3 aliphatic heterocycles. The van der Waals surface area contributed by atoms with Gasteiger partial charge in [-0.05, 0) is 41.5 Å². The van der Waals surface area contributed by atoms with Crippen molar-refractivity contribution >= 4 is 0 Å². The quantitative estimate of drug-likeness (QED) is 0.537. The third-order valence-corrected chi connectivity index (χ3v) is 7.64. The number of rotatable bonds is 7. The number of piperidine rings is 3. The van der Waals surface area contributed by atoms with Gasteiger partial charge in [0.05, 0.1) is 0 Å². The molecule has 0 amide bonds. The minimum Gasteiger partial charge on any atom is -0.308 e. The van der Waals surface area contributed by atoms with E-state index in [0.717, 1.165) is 18.4 Å². The molecule has 3 aromatic carbocycles. The second kappa shape index (κ2) is 9.38. The van der Waals surface area contributed by atoms with E-state index in [0.29, 0.717) is 18.0 Å². The average Bonchev–Trinajstić information content (AvgIpc) is 2.85. The standard InChI is InChI=1S/C29H34N2/c1-2-23-21-31-19-18-26(23)28(30-20-22-12-6-3-7-13-22)29(31)27(24-14-8-4-9-15-24)25-16-10-5-11-17-25/h3-17,23,26-30H,2,18-21H2,1H3/t23?,26?,28?,29-/m1/s1. The Morgan fingerprint density at radius 1 is 0.839 bits per heavy atom. The van der Waals surface area contributed by atoms with E-state index < -0.39 is 0 Å². The van der Waals surface area contributed by atoms with E-state index in [9.17, 15) is 0 Å². The van der Waals surface area contributed by atoms with Gasteiger partial charge in [-0.15, -0.1) is 0 Å². The first kappa shape index (κ1) is 20.5. The lowest BCUT2D eigenvalue weighted by Gasteiger charge is -2.57. The van der Waals surface area contributed by atoms with Crippen molar-refractivity contribution in [2.45, 2.75) is 44.3 Å². The van der Waals surface area contributed by atoms with Crippen LogP contribution in [0.15, 0.2) is 91.0 Å². The first-order valence-corrected chi connectivity index (χ1v) is 12.0. The molecule has 160 valence electrons. The fraction of sp³-hybridized carbons (Fsp3) is 0.379. The van der Waals surface area contributed by atoms with Crippen LogP contribution in [0.25, 0.3) is 0 Å². The Balaban J connectivity index is 1.52. The Bertz CT molecular complexity index is 901. The van der Waals surface area contributed by atoms with E-state index in [4.69, 9.17) is 0 Å². The fourth-order valence-electron chi connectivity index (χ4n) is 6.16. The molecule has 0 aromatic heterocycles. The molecule has 0 aliphatic carbocycles. The van der Waals surface area contributed by atoms with E-state index in [2.05, 4.69) is 108 Å². The van der Waals surface area contributed by atoms with Crippen molar-refractivity contribution in [1.82, 2.24) is 10.2 Å². The van der Waals surface area contributed by atoms with Crippen molar-refractivity contribution in [3.63, 3.8) is 0 Å². The van der Waals surface area contributed by atoms with Crippen LogP contribution in [0.1, 0.15) is 42.4 Å². The Kier molecular flexibility index (Phi) is 6.20. The monoisotopic (exact) mass is 410 g/mol. The lowest BCUT2D eigenvalue weighted by Crippen LogP contribution is -2.67. The van der Waals surface area contributed by atoms with Gasteiger partial charge in [-0.25, -0.2) is 0 Å². The van der Waals surface area contributed by atoms with Crippen molar-refractivity contribution in [1.29, 1.82) is 0 Å². The van der Waals surface area contributed by atoms with Gasteiger partial charge in [0, 0.05) is 31.1 Å². The van der Waals surface area contributed by atoms with Crippen molar-refractivity contribution in [2.75, 3.05) is 13.1 Å². The summed E-state index contributed by atoms with van der Waals surface area (Å²) >= 11 is 0. The highest BCUT2D eigenvalue weighted by molar-refractivity contribution is 5.36. The molecule has 6 rings (SSSR count). The molecule has 3 heterocycles. The fourth-order valence-corrected chi connectivity index (χ4v) is 6.16. The second-order valence-electron chi connectivity index (χ2n) is 9.30. The van der Waals surface area contributed by atoms with Crippen LogP contribution in [0.3, 0.4) is 0 Å². The first-order valence-electron chi connectivity index (χ1n) is 12.0. The smallest absolute Gasteiger partial charge is 0.0361 e. The van der Waals surface area contributed by atoms with Crippen LogP contribution >= 0.6 is 0 Å². The summed E-state index contributed by atoms with van der Waals surface area (Å²) < 4.78 is 0. The molecule has 3 aliphatic rings. The number of nitrogens with zero attached hydrogens (tertiary/aromatic N) is 1. The van der Waals surface area contributed by atoms with Crippen LogP contribution in [0.5, 0.6) is 0 Å². The predicted molar refractivity (Wildman–Crippen MR) is 129 cm³/mol. The summed E-state index contributed by atoms with van der Waals surface area (Å²) in [5.41, 5.74) is 4.25. The summed E-state index contributed by atoms with van der Waals surface area (Å²) in [6, 6.07) is 34.2. The van der Waals surface area contributed by atoms with Crippen LogP contribution in [-0.2, 0) is 6.54 Å². The molecule has 31 heavy (non-hydrogen) atoms. The van der Waals surface area contributed by atoms with Gasteiger partial charge in [-0.1, -0.05) is 104 Å². The summed E-state index contributed by atoms with van der Waals surface area (Å²) in [5, 5.41) is 4.06. The minimum absolute atomic E-state index is 0.385. The minimum atomic E-state index is 0.385. The maximum absolute atomic E-state index is 4.06. The SMILES string of the molecule is CCC1CN2CCC1C(NCc1ccccc1)[C@H]2C(c1ccccc1)c1ccccc1. The number of fused-ring (bicyclic) bond motifs is 3. The Labute approximate surface area is 187 Å². The van der Waals surface area contributed by atoms with Crippen LogP contribution in [-0.4, -0.2) is 30.1 Å². The topological polar surface area (TPSA) is 15.3 Å². The van der Waals surface area contributed by atoms with Gasteiger partial charge in [-0.2, -0.15) is 0 Å². The number of nitrogens with one attached hydrogen (secondary N) is 1. The van der Waals surface area contributed by atoms with Crippen molar-refractivity contribution < 1.29 is 0 Å². The summed E-state index contributed by atoms with van der Waals surface area (Å²) in [6.07, 6.45) is 2.59. The summed E-state index contributed by atoms with van der Waals surface area (Å²) in [4.78, 5) is 2.81.